The topological polar surface area (TPSA) is 56.6 Å². The van der Waals surface area contributed by atoms with Gasteiger partial charge in [-0.1, -0.05) is 44.2 Å². The third kappa shape index (κ3) is 2.92. The zero-order valence-electron chi connectivity index (χ0n) is 11.1. The minimum Gasteiger partial charge on any atom is -0.325 e. The predicted octanol–water partition coefficient (Wildman–Crippen LogP) is 3.11. The zero-order valence-corrected chi connectivity index (χ0v) is 11.1. The Hall–Kier alpha value is -2.34. The van der Waals surface area contributed by atoms with Crippen molar-refractivity contribution in [2.75, 3.05) is 0 Å². The summed E-state index contributed by atoms with van der Waals surface area (Å²) in [5.41, 5.74) is 2.36. The largest absolute Gasteiger partial charge is 0.325 e. The maximum atomic E-state index is 12.0. The van der Waals surface area contributed by atoms with Gasteiger partial charge in [0.1, 0.15) is 11.6 Å². The first-order chi connectivity index (χ1) is 9.11. The summed E-state index contributed by atoms with van der Waals surface area (Å²) in [6.45, 7) is 4.19. The summed E-state index contributed by atoms with van der Waals surface area (Å²) < 4.78 is 0. The fourth-order valence-corrected chi connectivity index (χ4v) is 2.12. The van der Waals surface area contributed by atoms with Crippen LogP contribution in [0.4, 0.5) is 0 Å². The summed E-state index contributed by atoms with van der Waals surface area (Å²) in [7, 11) is 0. The van der Waals surface area contributed by atoms with E-state index in [0.29, 0.717) is 11.5 Å². The maximum absolute atomic E-state index is 12.0. The molecule has 0 aliphatic rings. The Morgan fingerprint density at radius 2 is 1.95 bits per heavy atom. The van der Waals surface area contributed by atoms with Crippen LogP contribution in [0.1, 0.15) is 25.1 Å². The molecule has 1 heterocycles. The summed E-state index contributed by atoms with van der Waals surface area (Å²) in [6, 6.07) is 13.5. The third-order valence-electron chi connectivity index (χ3n) is 2.91. The number of hydrogen-bond donors (Lipinski definition) is 1. The lowest BCUT2D eigenvalue weighted by molar-refractivity contribution is 0.634. The number of H-pyrrole nitrogens is 1. The molecule has 2 rings (SSSR count). The molecule has 0 aliphatic carbocycles. The second-order valence-corrected chi connectivity index (χ2v) is 4.99. The molecule has 0 atom stereocenters. The van der Waals surface area contributed by atoms with Crippen LogP contribution in [-0.4, -0.2) is 4.98 Å². The fourth-order valence-electron chi connectivity index (χ4n) is 2.12. The molecule has 0 fully saturated rings. The van der Waals surface area contributed by atoms with Crippen LogP contribution in [0.25, 0.3) is 11.1 Å². The molecule has 0 aliphatic heterocycles. The van der Waals surface area contributed by atoms with Crippen LogP contribution in [0, 0.1) is 17.2 Å². The Bertz CT molecular complexity index is 663. The number of benzene rings is 1. The van der Waals surface area contributed by atoms with E-state index < -0.39 is 0 Å². The van der Waals surface area contributed by atoms with Gasteiger partial charge in [-0.3, -0.25) is 4.79 Å². The Morgan fingerprint density at radius 3 is 2.53 bits per heavy atom. The number of nitrogens with zero attached hydrogens (tertiary/aromatic N) is 1. The van der Waals surface area contributed by atoms with Crippen molar-refractivity contribution in [3.63, 3.8) is 0 Å². The highest BCUT2D eigenvalue weighted by Gasteiger charge is 2.11. The molecule has 0 bridgehead atoms. The Labute approximate surface area is 112 Å². The molecule has 1 N–H and O–H groups in total. The van der Waals surface area contributed by atoms with E-state index in [1.165, 1.54) is 0 Å². The van der Waals surface area contributed by atoms with Gasteiger partial charge in [-0.25, -0.2) is 0 Å². The van der Waals surface area contributed by atoms with Crippen LogP contribution in [0.5, 0.6) is 0 Å². The van der Waals surface area contributed by atoms with Crippen molar-refractivity contribution in [3.05, 3.63) is 58.0 Å². The molecule has 0 saturated heterocycles. The minimum atomic E-state index is -0.306. The summed E-state index contributed by atoms with van der Waals surface area (Å²) in [4.78, 5) is 14.8. The van der Waals surface area contributed by atoms with Crippen LogP contribution >= 0.6 is 0 Å². The predicted molar refractivity (Wildman–Crippen MR) is 75.8 cm³/mol. The molecular formula is C16H16N2O. The van der Waals surface area contributed by atoms with Gasteiger partial charge in [-0.2, -0.15) is 5.26 Å². The smallest absolute Gasteiger partial charge is 0.266 e. The second kappa shape index (κ2) is 5.53. The van der Waals surface area contributed by atoms with E-state index in [0.717, 1.165) is 17.7 Å². The van der Waals surface area contributed by atoms with Gasteiger partial charge in [0.2, 0.25) is 0 Å². The molecule has 2 aromatic rings. The Morgan fingerprint density at radius 1 is 1.26 bits per heavy atom. The fraction of sp³-hybridized carbons (Fsp3) is 0.250. The number of hydrogen-bond acceptors (Lipinski definition) is 2. The molecule has 19 heavy (non-hydrogen) atoms. The van der Waals surface area contributed by atoms with Crippen molar-refractivity contribution < 1.29 is 0 Å². The van der Waals surface area contributed by atoms with Gasteiger partial charge in [0, 0.05) is 11.3 Å². The molecule has 0 amide bonds. The number of aromatic nitrogens is 1. The van der Waals surface area contributed by atoms with Crippen molar-refractivity contribution in [1.82, 2.24) is 4.98 Å². The monoisotopic (exact) mass is 252 g/mol. The normalized spacial score (nSPS) is 10.4. The molecule has 3 heteroatoms. The van der Waals surface area contributed by atoms with Gasteiger partial charge in [-0.15, -0.1) is 0 Å². The van der Waals surface area contributed by atoms with Crippen molar-refractivity contribution in [2.45, 2.75) is 20.3 Å². The number of nitriles is 1. The molecule has 0 spiro atoms. The zero-order chi connectivity index (χ0) is 13.8. The van der Waals surface area contributed by atoms with E-state index in [9.17, 15) is 4.79 Å². The SMILES string of the molecule is CC(C)Cc1cc(-c2ccccc2)c(C#N)c(=O)[nH]1. The van der Waals surface area contributed by atoms with Crippen molar-refractivity contribution >= 4 is 0 Å². The standard InChI is InChI=1S/C16H16N2O/c1-11(2)8-13-9-14(12-6-4-3-5-7-12)15(10-17)16(19)18-13/h3-7,9,11H,8H2,1-2H3,(H,18,19). The van der Waals surface area contributed by atoms with Crippen molar-refractivity contribution in [1.29, 1.82) is 5.26 Å². The first-order valence-corrected chi connectivity index (χ1v) is 6.33. The second-order valence-electron chi connectivity index (χ2n) is 4.99. The quantitative estimate of drug-likeness (QED) is 0.912. The van der Waals surface area contributed by atoms with E-state index in [2.05, 4.69) is 18.8 Å². The van der Waals surface area contributed by atoms with E-state index >= 15 is 0 Å². The van der Waals surface area contributed by atoms with Crippen LogP contribution in [0.2, 0.25) is 0 Å². The summed E-state index contributed by atoms with van der Waals surface area (Å²) >= 11 is 0. The lowest BCUT2D eigenvalue weighted by atomic mass is 9.98. The van der Waals surface area contributed by atoms with Gasteiger partial charge in [0.25, 0.3) is 5.56 Å². The maximum Gasteiger partial charge on any atom is 0.266 e. The van der Waals surface area contributed by atoms with Gasteiger partial charge in [-0.05, 0) is 24.0 Å². The van der Waals surface area contributed by atoms with E-state index in [1.54, 1.807) is 0 Å². The highest BCUT2D eigenvalue weighted by Crippen LogP contribution is 2.22. The minimum absolute atomic E-state index is 0.179. The molecule has 0 saturated carbocycles. The van der Waals surface area contributed by atoms with Crippen LogP contribution < -0.4 is 5.56 Å². The molecule has 0 radical (unpaired) electrons. The first-order valence-electron chi connectivity index (χ1n) is 6.33. The van der Waals surface area contributed by atoms with Gasteiger partial charge in [0.05, 0.1) is 0 Å². The van der Waals surface area contributed by atoms with Crippen molar-refractivity contribution in [2.24, 2.45) is 5.92 Å². The number of nitrogens with one attached hydrogen (secondary N) is 1. The van der Waals surface area contributed by atoms with Crippen LogP contribution in [0.3, 0.4) is 0 Å². The van der Waals surface area contributed by atoms with Gasteiger partial charge in [0.15, 0.2) is 0 Å². The third-order valence-corrected chi connectivity index (χ3v) is 2.91. The Kier molecular flexibility index (Phi) is 3.82. The molecule has 0 unspecified atom stereocenters. The van der Waals surface area contributed by atoms with Crippen molar-refractivity contribution in [3.8, 4) is 17.2 Å². The lowest BCUT2D eigenvalue weighted by Crippen LogP contribution is -2.15. The van der Waals surface area contributed by atoms with Crippen LogP contribution in [-0.2, 0) is 6.42 Å². The van der Waals surface area contributed by atoms with Gasteiger partial charge < -0.3 is 4.98 Å². The average molecular weight is 252 g/mol. The summed E-state index contributed by atoms with van der Waals surface area (Å²) in [5.74, 6) is 0.451. The van der Waals surface area contributed by atoms with E-state index in [1.807, 2.05) is 42.5 Å². The molecule has 1 aromatic heterocycles. The molecule has 1 aromatic carbocycles. The summed E-state index contributed by atoms with van der Waals surface area (Å²) in [6.07, 6.45) is 0.792. The van der Waals surface area contributed by atoms with Gasteiger partial charge >= 0.3 is 0 Å². The number of rotatable bonds is 3. The molecule has 3 nitrogen and oxygen atoms in total. The average Bonchev–Trinajstić information content (AvgIpc) is 2.38. The number of pyridine rings is 1. The summed E-state index contributed by atoms with van der Waals surface area (Å²) in [5, 5.41) is 9.16. The Balaban J connectivity index is 2.61. The number of aromatic amines is 1. The highest BCUT2D eigenvalue weighted by molar-refractivity contribution is 5.70. The first kappa shape index (κ1) is 13.1. The highest BCUT2D eigenvalue weighted by atomic mass is 16.1. The van der Waals surface area contributed by atoms with Crippen LogP contribution in [0.15, 0.2) is 41.2 Å². The molecule has 96 valence electrons. The lowest BCUT2D eigenvalue weighted by Gasteiger charge is -2.09. The molecular weight excluding hydrogens is 236 g/mol. The van der Waals surface area contributed by atoms with E-state index in [-0.39, 0.29) is 11.1 Å². The van der Waals surface area contributed by atoms with E-state index in [4.69, 9.17) is 5.26 Å².